The second-order valence-electron chi connectivity index (χ2n) is 8.16. The van der Waals surface area contributed by atoms with Crippen molar-refractivity contribution >= 4 is 33.8 Å². The fourth-order valence-corrected chi connectivity index (χ4v) is 4.19. The molecule has 6 rings (SSSR count). The lowest BCUT2D eigenvalue weighted by molar-refractivity contribution is 0.414. The van der Waals surface area contributed by atoms with Gasteiger partial charge in [-0.15, -0.1) is 0 Å². The standard InChI is InChI=1S/C27H22N6O2/c1-34-21-10-7-18(8-11-21)17-32(20-5-3-2-4-6-20)24-16-23(30-33-14-13-29-27(24)33)19-9-12-25-22(15-19)26(28)31-35-25/h2-16H,17H2,1H3,(H2,28,31). The van der Waals surface area contributed by atoms with Crippen LogP contribution in [0.3, 0.4) is 0 Å². The van der Waals surface area contributed by atoms with Crippen molar-refractivity contribution < 1.29 is 9.26 Å². The molecule has 0 spiro atoms. The molecule has 35 heavy (non-hydrogen) atoms. The maximum atomic E-state index is 6.00. The number of hydrogen-bond donors (Lipinski definition) is 1. The topological polar surface area (TPSA) is 94.7 Å². The average Bonchev–Trinajstić information content (AvgIpc) is 3.54. The molecule has 0 bridgehead atoms. The highest BCUT2D eigenvalue weighted by atomic mass is 16.5. The molecule has 6 aromatic rings. The molecular formula is C27H22N6O2. The number of nitrogens with two attached hydrogens (primary N) is 1. The van der Waals surface area contributed by atoms with Crippen molar-refractivity contribution in [1.82, 2.24) is 19.8 Å². The zero-order chi connectivity index (χ0) is 23.8. The Balaban J connectivity index is 1.51. The van der Waals surface area contributed by atoms with Gasteiger partial charge in [0.2, 0.25) is 0 Å². The van der Waals surface area contributed by atoms with Gasteiger partial charge in [0.05, 0.1) is 23.9 Å². The summed E-state index contributed by atoms with van der Waals surface area (Å²) in [4.78, 5) is 6.86. The largest absolute Gasteiger partial charge is 0.497 e. The molecule has 172 valence electrons. The summed E-state index contributed by atoms with van der Waals surface area (Å²) in [5, 5.41) is 9.44. The molecule has 0 atom stereocenters. The molecule has 8 heteroatoms. The van der Waals surface area contributed by atoms with Crippen LogP contribution in [0.1, 0.15) is 5.56 Å². The lowest BCUT2D eigenvalue weighted by Crippen LogP contribution is -2.18. The normalized spacial score (nSPS) is 11.2. The van der Waals surface area contributed by atoms with Crippen LogP contribution < -0.4 is 15.4 Å². The van der Waals surface area contributed by atoms with Gasteiger partial charge in [0.25, 0.3) is 0 Å². The van der Waals surface area contributed by atoms with Crippen molar-refractivity contribution in [3.05, 3.63) is 96.8 Å². The second-order valence-corrected chi connectivity index (χ2v) is 8.16. The summed E-state index contributed by atoms with van der Waals surface area (Å²) in [5.41, 5.74) is 12.2. The Labute approximate surface area is 201 Å². The molecule has 0 aliphatic carbocycles. The third kappa shape index (κ3) is 3.80. The van der Waals surface area contributed by atoms with E-state index in [2.05, 4.69) is 45.4 Å². The molecule has 0 amide bonds. The van der Waals surface area contributed by atoms with Gasteiger partial charge in [-0.05, 0) is 54.1 Å². The minimum atomic E-state index is 0.358. The van der Waals surface area contributed by atoms with Gasteiger partial charge < -0.3 is 19.9 Å². The summed E-state index contributed by atoms with van der Waals surface area (Å²) >= 11 is 0. The number of ether oxygens (including phenoxy) is 1. The summed E-state index contributed by atoms with van der Waals surface area (Å²) < 4.78 is 12.4. The van der Waals surface area contributed by atoms with Gasteiger partial charge >= 0.3 is 0 Å². The number of fused-ring (bicyclic) bond motifs is 2. The summed E-state index contributed by atoms with van der Waals surface area (Å²) in [6, 6.07) is 26.2. The first kappa shape index (κ1) is 20.7. The molecule has 3 aromatic heterocycles. The fourth-order valence-electron chi connectivity index (χ4n) is 4.19. The quantitative estimate of drug-likeness (QED) is 0.351. The predicted octanol–water partition coefficient (Wildman–Crippen LogP) is 5.47. The van der Waals surface area contributed by atoms with E-state index in [1.54, 1.807) is 17.8 Å². The highest BCUT2D eigenvalue weighted by Gasteiger charge is 2.18. The molecule has 0 unspecified atom stereocenters. The van der Waals surface area contributed by atoms with Crippen LogP contribution >= 0.6 is 0 Å². The van der Waals surface area contributed by atoms with Crippen LogP contribution in [-0.4, -0.2) is 26.9 Å². The molecule has 0 saturated carbocycles. The maximum absolute atomic E-state index is 6.00. The Hall–Kier alpha value is -4.85. The third-order valence-corrected chi connectivity index (χ3v) is 5.99. The van der Waals surface area contributed by atoms with Crippen molar-refractivity contribution in [2.75, 3.05) is 17.7 Å². The zero-order valence-electron chi connectivity index (χ0n) is 19.0. The minimum Gasteiger partial charge on any atom is -0.497 e. The summed E-state index contributed by atoms with van der Waals surface area (Å²) in [5.74, 6) is 1.18. The summed E-state index contributed by atoms with van der Waals surface area (Å²) in [6.45, 7) is 0.637. The predicted molar refractivity (Wildman–Crippen MR) is 136 cm³/mol. The first-order chi connectivity index (χ1) is 17.2. The van der Waals surface area contributed by atoms with E-state index < -0.39 is 0 Å². The van der Waals surface area contributed by atoms with Gasteiger partial charge in [0, 0.05) is 30.2 Å². The number of nitrogen functional groups attached to an aromatic ring is 1. The Kier molecular flexibility index (Phi) is 5.03. The van der Waals surface area contributed by atoms with Gasteiger partial charge in [-0.1, -0.05) is 35.5 Å². The van der Waals surface area contributed by atoms with E-state index in [-0.39, 0.29) is 0 Å². The fraction of sp³-hybridized carbons (Fsp3) is 0.0741. The van der Waals surface area contributed by atoms with Gasteiger partial charge in [0.1, 0.15) is 5.75 Å². The van der Waals surface area contributed by atoms with Crippen LogP contribution in [0.2, 0.25) is 0 Å². The minimum absolute atomic E-state index is 0.358. The zero-order valence-corrected chi connectivity index (χ0v) is 19.0. The van der Waals surface area contributed by atoms with Crippen molar-refractivity contribution in [3.63, 3.8) is 0 Å². The molecule has 8 nitrogen and oxygen atoms in total. The van der Waals surface area contributed by atoms with E-state index in [0.717, 1.165) is 45.0 Å². The average molecular weight is 463 g/mol. The van der Waals surface area contributed by atoms with Crippen molar-refractivity contribution in [2.24, 2.45) is 0 Å². The molecule has 3 aromatic carbocycles. The van der Waals surface area contributed by atoms with E-state index in [0.29, 0.717) is 17.9 Å². The second kappa shape index (κ2) is 8.49. The third-order valence-electron chi connectivity index (χ3n) is 5.99. The van der Waals surface area contributed by atoms with Crippen LogP contribution in [0, 0.1) is 0 Å². The molecular weight excluding hydrogens is 440 g/mol. The van der Waals surface area contributed by atoms with Crippen molar-refractivity contribution in [2.45, 2.75) is 6.54 Å². The van der Waals surface area contributed by atoms with E-state index >= 15 is 0 Å². The Morgan fingerprint density at radius 1 is 1.00 bits per heavy atom. The summed E-state index contributed by atoms with van der Waals surface area (Å²) in [6.07, 6.45) is 3.61. The van der Waals surface area contributed by atoms with Gasteiger partial charge in [-0.2, -0.15) is 5.10 Å². The van der Waals surface area contributed by atoms with Gasteiger partial charge in [-0.3, -0.25) is 0 Å². The van der Waals surface area contributed by atoms with E-state index in [1.165, 1.54) is 0 Å². The van der Waals surface area contributed by atoms with E-state index in [1.807, 2.05) is 54.7 Å². The number of para-hydroxylation sites is 1. The number of benzene rings is 3. The van der Waals surface area contributed by atoms with Gasteiger partial charge in [-0.25, -0.2) is 9.50 Å². The molecule has 0 saturated heterocycles. The Bertz CT molecular complexity index is 1620. The number of hydrogen-bond acceptors (Lipinski definition) is 7. The lowest BCUT2D eigenvalue weighted by Gasteiger charge is -2.26. The van der Waals surface area contributed by atoms with Crippen LogP contribution in [0.15, 0.2) is 95.8 Å². The lowest BCUT2D eigenvalue weighted by atomic mass is 10.1. The van der Waals surface area contributed by atoms with Crippen molar-refractivity contribution in [3.8, 4) is 17.0 Å². The first-order valence-corrected chi connectivity index (χ1v) is 11.1. The molecule has 0 radical (unpaired) electrons. The molecule has 0 aliphatic rings. The Morgan fingerprint density at radius 3 is 2.63 bits per heavy atom. The molecule has 0 fully saturated rings. The van der Waals surface area contributed by atoms with Crippen LogP contribution in [0.5, 0.6) is 5.75 Å². The molecule has 0 aliphatic heterocycles. The van der Waals surface area contributed by atoms with E-state index in [9.17, 15) is 0 Å². The smallest absolute Gasteiger partial charge is 0.177 e. The number of anilines is 3. The SMILES string of the molecule is COc1ccc(CN(c2ccccc2)c2cc(-c3ccc4onc(N)c4c3)nn3ccnc23)cc1. The number of rotatable bonds is 6. The van der Waals surface area contributed by atoms with Crippen molar-refractivity contribution in [1.29, 1.82) is 0 Å². The number of imidazole rings is 1. The van der Waals surface area contributed by atoms with Gasteiger partial charge in [0.15, 0.2) is 17.0 Å². The molecule has 2 N–H and O–H groups in total. The first-order valence-electron chi connectivity index (χ1n) is 11.1. The van der Waals surface area contributed by atoms with Crippen LogP contribution in [-0.2, 0) is 6.54 Å². The highest BCUT2D eigenvalue weighted by Crippen LogP contribution is 2.34. The van der Waals surface area contributed by atoms with Crippen LogP contribution in [0.4, 0.5) is 17.2 Å². The monoisotopic (exact) mass is 462 g/mol. The summed E-state index contributed by atoms with van der Waals surface area (Å²) in [7, 11) is 1.67. The Morgan fingerprint density at radius 2 is 1.83 bits per heavy atom. The molecule has 3 heterocycles. The van der Waals surface area contributed by atoms with Crippen LogP contribution in [0.25, 0.3) is 27.9 Å². The number of aromatic nitrogens is 4. The highest BCUT2D eigenvalue weighted by molar-refractivity contribution is 5.91. The maximum Gasteiger partial charge on any atom is 0.177 e. The van der Waals surface area contributed by atoms with E-state index in [4.69, 9.17) is 20.1 Å². The number of methoxy groups -OCH3 is 1. The number of nitrogens with zero attached hydrogens (tertiary/aromatic N) is 5.